The van der Waals surface area contributed by atoms with Gasteiger partial charge in [0.05, 0.1) is 31.3 Å². The van der Waals surface area contributed by atoms with E-state index in [4.69, 9.17) is 21.1 Å². The van der Waals surface area contributed by atoms with Crippen molar-refractivity contribution in [3.63, 3.8) is 0 Å². The minimum Gasteiger partial charge on any atom is -0.465 e. The molecule has 9 heteroatoms. The molecular formula is C27H31ClN2O6. The molecule has 2 fully saturated rings. The lowest BCUT2D eigenvalue weighted by Gasteiger charge is -2.40. The summed E-state index contributed by atoms with van der Waals surface area (Å²) in [4.78, 5) is 44.7. The van der Waals surface area contributed by atoms with E-state index in [1.54, 1.807) is 35.2 Å². The Morgan fingerprint density at radius 1 is 1.17 bits per heavy atom. The Kier molecular flexibility index (Phi) is 6.70. The van der Waals surface area contributed by atoms with Crippen molar-refractivity contribution in [2.24, 2.45) is 17.8 Å². The maximum Gasteiger partial charge on any atom is 0.312 e. The largest absolute Gasteiger partial charge is 0.465 e. The number of esters is 1. The van der Waals surface area contributed by atoms with Crippen molar-refractivity contribution < 1.29 is 29.0 Å². The summed E-state index contributed by atoms with van der Waals surface area (Å²) in [5, 5.41) is 10.9. The number of carbonyl (C=O) groups is 3. The van der Waals surface area contributed by atoms with Gasteiger partial charge in [0.2, 0.25) is 5.91 Å². The molecule has 4 heterocycles. The number of benzene rings is 1. The molecule has 1 N–H and O–H groups in total. The molecule has 36 heavy (non-hydrogen) atoms. The summed E-state index contributed by atoms with van der Waals surface area (Å²) in [5.74, 6) is -3.09. The van der Waals surface area contributed by atoms with Crippen LogP contribution in [0.2, 0.25) is 5.02 Å². The Bertz CT molecular complexity index is 1100. The van der Waals surface area contributed by atoms with Crippen molar-refractivity contribution >= 4 is 35.1 Å². The third-order valence-electron chi connectivity index (χ3n) is 8.04. The molecule has 2 saturated heterocycles. The molecule has 4 aliphatic rings. The highest BCUT2D eigenvalue weighted by atomic mass is 35.5. The molecule has 8 nitrogen and oxygen atoms in total. The van der Waals surface area contributed by atoms with Crippen LogP contribution in [0.1, 0.15) is 26.7 Å². The number of amides is 2. The van der Waals surface area contributed by atoms with Gasteiger partial charge in [0.15, 0.2) is 0 Å². The number of ether oxygens (including phenoxy) is 2. The van der Waals surface area contributed by atoms with E-state index >= 15 is 0 Å². The topological polar surface area (TPSA) is 96.4 Å². The van der Waals surface area contributed by atoms with E-state index in [1.165, 1.54) is 4.90 Å². The third-order valence-corrected chi connectivity index (χ3v) is 8.29. The fraction of sp³-hybridized carbons (Fsp3) is 0.519. The lowest BCUT2D eigenvalue weighted by atomic mass is 9.77. The molecule has 0 aliphatic carbocycles. The average Bonchev–Trinajstić information content (AvgIpc) is 3.24. The lowest BCUT2D eigenvalue weighted by Crippen LogP contribution is -2.59. The summed E-state index contributed by atoms with van der Waals surface area (Å²) < 4.78 is 12.0. The minimum atomic E-state index is -1.36. The Hall–Kier alpha value is -2.68. The highest BCUT2D eigenvalue weighted by Gasteiger charge is 2.72. The van der Waals surface area contributed by atoms with Crippen LogP contribution in [0.5, 0.6) is 0 Å². The molecule has 192 valence electrons. The minimum absolute atomic E-state index is 0.0844. The maximum atomic E-state index is 14.3. The summed E-state index contributed by atoms with van der Waals surface area (Å²) >= 11 is 6.08. The van der Waals surface area contributed by atoms with Crippen molar-refractivity contribution in [3.8, 4) is 0 Å². The van der Waals surface area contributed by atoms with Gasteiger partial charge in [-0.05, 0) is 36.6 Å². The van der Waals surface area contributed by atoms with Gasteiger partial charge in [0.1, 0.15) is 17.6 Å². The van der Waals surface area contributed by atoms with E-state index in [1.807, 2.05) is 32.1 Å². The summed E-state index contributed by atoms with van der Waals surface area (Å²) in [5.41, 5.74) is -0.728. The monoisotopic (exact) mass is 514 g/mol. The van der Waals surface area contributed by atoms with Crippen molar-refractivity contribution in [2.45, 2.75) is 50.5 Å². The number of aliphatic hydroxyl groups is 1. The highest BCUT2D eigenvalue weighted by Crippen LogP contribution is 2.54. The first-order valence-corrected chi connectivity index (χ1v) is 12.9. The van der Waals surface area contributed by atoms with E-state index < -0.39 is 41.6 Å². The smallest absolute Gasteiger partial charge is 0.312 e. The second-order valence-electron chi connectivity index (χ2n) is 9.93. The van der Waals surface area contributed by atoms with Crippen LogP contribution in [-0.2, 0) is 23.9 Å². The van der Waals surface area contributed by atoms with Gasteiger partial charge in [-0.1, -0.05) is 56.2 Å². The van der Waals surface area contributed by atoms with E-state index in [2.05, 4.69) is 0 Å². The Labute approximate surface area is 215 Å². The average molecular weight is 515 g/mol. The molecule has 1 aromatic rings. The molecule has 2 amide bonds. The molecule has 0 radical (unpaired) electrons. The van der Waals surface area contributed by atoms with E-state index in [0.29, 0.717) is 23.6 Å². The summed E-state index contributed by atoms with van der Waals surface area (Å²) in [7, 11) is 0. The molecule has 7 atom stereocenters. The van der Waals surface area contributed by atoms with Crippen LogP contribution in [0, 0.1) is 17.8 Å². The Balaban J connectivity index is 1.66. The standard InChI is InChI=1S/C27H31ClN2O6/c1-3-16(2)19(15-31)30-23-25(33)29(18-10-8-17(28)9-11-18)13-6-12-27(23)22(24(30)32)21-20(36-27)7-4-5-14-35-26(21)34/h4,6-12,16,19-23,31H,3,5,13-15H2,1-2H3/t16-,19-,20+,21-,22-,23?,27-/m0/s1. The zero-order valence-electron chi connectivity index (χ0n) is 20.4. The van der Waals surface area contributed by atoms with Crippen LogP contribution in [-0.4, -0.2) is 71.3 Å². The first-order valence-electron chi connectivity index (χ1n) is 12.5. The number of cyclic esters (lactones) is 1. The molecule has 4 aliphatic heterocycles. The number of hydrogen-bond acceptors (Lipinski definition) is 6. The second-order valence-corrected chi connectivity index (χ2v) is 10.4. The van der Waals surface area contributed by atoms with Gasteiger partial charge >= 0.3 is 5.97 Å². The molecule has 0 aromatic heterocycles. The third kappa shape index (κ3) is 3.78. The predicted molar refractivity (Wildman–Crippen MR) is 133 cm³/mol. The van der Waals surface area contributed by atoms with Gasteiger partial charge in [-0.2, -0.15) is 0 Å². The number of hydrogen-bond donors (Lipinski definition) is 1. The lowest BCUT2D eigenvalue weighted by molar-refractivity contribution is -0.155. The van der Waals surface area contributed by atoms with Gasteiger partial charge in [-0.15, -0.1) is 0 Å². The highest BCUT2D eigenvalue weighted by molar-refractivity contribution is 6.30. The molecule has 5 rings (SSSR count). The van der Waals surface area contributed by atoms with Crippen LogP contribution < -0.4 is 4.90 Å². The van der Waals surface area contributed by atoms with Gasteiger partial charge in [0.25, 0.3) is 5.91 Å². The van der Waals surface area contributed by atoms with E-state index in [0.717, 1.165) is 0 Å². The zero-order valence-corrected chi connectivity index (χ0v) is 21.1. The first-order chi connectivity index (χ1) is 17.3. The van der Waals surface area contributed by atoms with Crippen molar-refractivity contribution in [2.75, 3.05) is 24.7 Å². The Morgan fingerprint density at radius 3 is 2.61 bits per heavy atom. The fourth-order valence-corrected chi connectivity index (χ4v) is 6.20. The van der Waals surface area contributed by atoms with Crippen molar-refractivity contribution in [1.82, 2.24) is 4.90 Å². The number of carbonyl (C=O) groups excluding carboxylic acids is 3. The number of aliphatic hydroxyl groups excluding tert-OH is 1. The van der Waals surface area contributed by atoms with Crippen LogP contribution in [0.3, 0.4) is 0 Å². The Morgan fingerprint density at radius 2 is 1.92 bits per heavy atom. The number of fused-ring (bicyclic) bond motifs is 2. The van der Waals surface area contributed by atoms with Crippen LogP contribution in [0.15, 0.2) is 48.6 Å². The first kappa shape index (κ1) is 25.0. The van der Waals surface area contributed by atoms with Crippen LogP contribution >= 0.6 is 11.6 Å². The normalized spacial score (nSPS) is 33.3. The number of anilines is 1. The fourth-order valence-electron chi connectivity index (χ4n) is 6.07. The van der Waals surface area contributed by atoms with Crippen molar-refractivity contribution in [3.05, 3.63) is 53.6 Å². The second kappa shape index (κ2) is 9.65. The number of nitrogens with zero attached hydrogens (tertiary/aromatic N) is 2. The quantitative estimate of drug-likeness (QED) is 0.479. The number of likely N-dealkylation sites (tertiary alicyclic amines) is 1. The molecule has 0 saturated carbocycles. The van der Waals surface area contributed by atoms with Crippen molar-refractivity contribution in [1.29, 1.82) is 0 Å². The van der Waals surface area contributed by atoms with Crippen LogP contribution in [0.4, 0.5) is 5.69 Å². The molecule has 1 unspecified atom stereocenters. The summed E-state index contributed by atoms with van der Waals surface area (Å²) in [6.07, 6.45) is 7.86. The molecule has 0 bridgehead atoms. The molecular weight excluding hydrogens is 484 g/mol. The number of rotatable bonds is 5. The number of halogens is 1. The van der Waals surface area contributed by atoms with E-state index in [9.17, 15) is 19.5 Å². The molecule has 1 spiro atoms. The molecule has 1 aromatic carbocycles. The van der Waals surface area contributed by atoms with Gasteiger partial charge < -0.3 is 24.4 Å². The van der Waals surface area contributed by atoms with Gasteiger partial charge in [0, 0.05) is 17.3 Å². The zero-order chi connectivity index (χ0) is 25.6. The summed E-state index contributed by atoms with van der Waals surface area (Å²) in [6.45, 7) is 4.10. The van der Waals surface area contributed by atoms with Crippen LogP contribution in [0.25, 0.3) is 0 Å². The van der Waals surface area contributed by atoms with Gasteiger partial charge in [-0.25, -0.2) is 0 Å². The summed E-state index contributed by atoms with van der Waals surface area (Å²) in [6, 6.07) is 5.27. The SMILES string of the molecule is CC[C@H](C)[C@H](CO)N1C(=O)[C@@H]2[C@H]3C(=O)OCCC=C[C@H]3O[C@@]23C=CCN(c2ccc(Cl)cc2)C(=O)C13. The maximum absolute atomic E-state index is 14.3. The van der Waals surface area contributed by atoms with Gasteiger partial charge in [-0.3, -0.25) is 14.4 Å². The van der Waals surface area contributed by atoms with E-state index in [-0.39, 0.29) is 37.5 Å². The predicted octanol–water partition coefficient (Wildman–Crippen LogP) is 2.73.